The smallest absolute Gasteiger partial charge is 0.319 e. The molecule has 1 aliphatic rings. The highest BCUT2D eigenvalue weighted by Gasteiger charge is 2.36. The number of carbonyl (C=O) groups is 3. The van der Waals surface area contributed by atoms with Gasteiger partial charge in [0.2, 0.25) is 0 Å². The highest BCUT2D eigenvalue weighted by Crippen LogP contribution is 2.26. The third-order valence-corrected chi connectivity index (χ3v) is 5.31. The number of nitrogens with one attached hydrogen (secondary N) is 2. The number of nitro benzene ring substituents is 1. The van der Waals surface area contributed by atoms with E-state index in [4.69, 9.17) is 0 Å². The Labute approximate surface area is 174 Å². The zero-order valence-corrected chi connectivity index (χ0v) is 17.0. The maximum Gasteiger partial charge on any atom is 0.319 e. The zero-order valence-electron chi connectivity index (χ0n) is 15.4. The molecule has 3 rings (SSSR count). The molecule has 1 heterocycles. The number of hydrogen-bond donors (Lipinski definition) is 2. The summed E-state index contributed by atoms with van der Waals surface area (Å²) in [5, 5.41) is 16.2. The maximum absolute atomic E-state index is 12.4. The van der Waals surface area contributed by atoms with Crippen LogP contribution in [-0.4, -0.2) is 40.8 Å². The standard InChI is InChI=1S/C19H17BrN4O5/c1-11-9-12(3-6-16(11)20)22-19(27)21-7-2-8-23-17(25)14-5-4-13(24(28)29)10-15(14)18(23)26/h3-6,9-10H,2,7-8H2,1H3,(H2,21,22,27). The number of rotatable bonds is 6. The van der Waals surface area contributed by atoms with Gasteiger partial charge in [0.05, 0.1) is 16.1 Å². The van der Waals surface area contributed by atoms with Crippen LogP contribution < -0.4 is 10.6 Å². The van der Waals surface area contributed by atoms with Crippen LogP contribution in [0.4, 0.5) is 16.2 Å². The van der Waals surface area contributed by atoms with Crippen LogP contribution in [0.15, 0.2) is 40.9 Å². The van der Waals surface area contributed by atoms with E-state index >= 15 is 0 Å². The summed E-state index contributed by atoms with van der Waals surface area (Å²) < 4.78 is 0.940. The normalized spacial score (nSPS) is 12.7. The molecule has 0 bridgehead atoms. The van der Waals surface area contributed by atoms with E-state index in [2.05, 4.69) is 26.6 Å². The Hall–Kier alpha value is -3.27. The minimum Gasteiger partial charge on any atom is -0.338 e. The number of nitrogens with zero attached hydrogens (tertiary/aromatic N) is 2. The van der Waals surface area contributed by atoms with Crippen LogP contribution in [0.2, 0.25) is 0 Å². The molecular formula is C19H17BrN4O5. The lowest BCUT2D eigenvalue weighted by molar-refractivity contribution is -0.384. The molecule has 0 saturated heterocycles. The van der Waals surface area contributed by atoms with E-state index in [1.54, 1.807) is 6.07 Å². The first-order chi connectivity index (χ1) is 13.8. The molecular weight excluding hydrogens is 444 g/mol. The summed E-state index contributed by atoms with van der Waals surface area (Å²) in [6, 6.07) is 8.61. The van der Waals surface area contributed by atoms with Gasteiger partial charge in [0, 0.05) is 35.4 Å². The Morgan fingerprint density at radius 3 is 2.55 bits per heavy atom. The summed E-state index contributed by atoms with van der Waals surface area (Å²) in [6.45, 7) is 2.25. The number of anilines is 1. The molecule has 0 radical (unpaired) electrons. The minimum absolute atomic E-state index is 0.0283. The minimum atomic E-state index is -0.615. The average Bonchev–Trinajstić information content (AvgIpc) is 2.92. The number of imide groups is 1. The van der Waals surface area contributed by atoms with E-state index in [0.29, 0.717) is 12.1 Å². The van der Waals surface area contributed by atoms with Gasteiger partial charge in [-0.05, 0) is 43.2 Å². The number of carbonyl (C=O) groups excluding carboxylic acids is 3. The molecule has 150 valence electrons. The number of halogens is 1. The third kappa shape index (κ3) is 4.43. The van der Waals surface area contributed by atoms with Crippen molar-refractivity contribution in [1.82, 2.24) is 10.2 Å². The van der Waals surface area contributed by atoms with Crippen LogP contribution in [-0.2, 0) is 0 Å². The maximum atomic E-state index is 12.4. The largest absolute Gasteiger partial charge is 0.338 e. The Balaban J connectivity index is 1.51. The van der Waals surface area contributed by atoms with E-state index in [1.165, 1.54) is 12.1 Å². The van der Waals surface area contributed by atoms with Gasteiger partial charge in [-0.3, -0.25) is 24.6 Å². The summed E-state index contributed by atoms with van der Waals surface area (Å²) in [7, 11) is 0. The van der Waals surface area contributed by atoms with Crippen LogP contribution in [0.5, 0.6) is 0 Å². The zero-order chi connectivity index (χ0) is 21.1. The summed E-state index contributed by atoms with van der Waals surface area (Å²) in [5.41, 5.74) is 1.56. The predicted molar refractivity (Wildman–Crippen MR) is 109 cm³/mol. The molecule has 0 fully saturated rings. The lowest BCUT2D eigenvalue weighted by Gasteiger charge is -2.14. The van der Waals surface area contributed by atoms with Crippen molar-refractivity contribution in [3.8, 4) is 0 Å². The molecule has 0 spiro atoms. The highest BCUT2D eigenvalue weighted by atomic mass is 79.9. The number of aryl methyl sites for hydroxylation is 1. The SMILES string of the molecule is Cc1cc(NC(=O)NCCCN2C(=O)c3ccc([N+](=O)[O-])cc3C2=O)ccc1Br. The summed E-state index contributed by atoms with van der Waals surface area (Å²) in [6.07, 6.45) is 0.348. The highest BCUT2D eigenvalue weighted by molar-refractivity contribution is 9.10. The molecule has 1 aliphatic heterocycles. The van der Waals surface area contributed by atoms with E-state index in [1.807, 2.05) is 19.1 Å². The second-order valence-corrected chi connectivity index (χ2v) is 7.30. The molecule has 29 heavy (non-hydrogen) atoms. The quantitative estimate of drug-likeness (QED) is 0.295. The van der Waals surface area contributed by atoms with Crippen LogP contribution in [0.1, 0.15) is 32.7 Å². The summed E-state index contributed by atoms with van der Waals surface area (Å²) in [4.78, 5) is 48.0. The summed E-state index contributed by atoms with van der Waals surface area (Å²) >= 11 is 3.39. The van der Waals surface area contributed by atoms with E-state index in [0.717, 1.165) is 21.0 Å². The van der Waals surface area contributed by atoms with E-state index in [9.17, 15) is 24.5 Å². The topological polar surface area (TPSA) is 122 Å². The first-order valence-corrected chi connectivity index (χ1v) is 9.53. The van der Waals surface area contributed by atoms with E-state index in [-0.39, 0.29) is 29.9 Å². The molecule has 0 unspecified atom stereocenters. The van der Waals surface area contributed by atoms with Crippen LogP contribution in [0, 0.1) is 17.0 Å². The van der Waals surface area contributed by atoms with Gasteiger partial charge in [0.1, 0.15) is 0 Å². The van der Waals surface area contributed by atoms with Gasteiger partial charge in [-0.2, -0.15) is 0 Å². The molecule has 2 aromatic carbocycles. The van der Waals surface area contributed by atoms with Gasteiger partial charge in [-0.1, -0.05) is 15.9 Å². The van der Waals surface area contributed by atoms with Crippen molar-refractivity contribution in [3.63, 3.8) is 0 Å². The number of benzene rings is 2. The van der Waals surface area contributed by atoms with Gasteiger partial charge in [-0.25, -0.2) is 4.79 Å². The first-order valence-electron chi connectivity index (χ1n) is 8.73. The van der Waals surface area contributed by atoms with Gasteiger partial charge in [-0.15, -0.1) is 0 Å². The van der Waals surface area contributed by atoms with Crippen molar-refractivity contribution in [2.45, 2.75) is 13.3 Å². The van der Waals surface area contributed by atoms with Crippen molar-refractivity contribution in [2.24, 2.45) is 0 Å². The van der Waals surface area contributed by atoms with Crippen LogP contribution >= 0.6 is 15.9 Å². The fourth-order valence-electron chi connectivity index (χ4n) is 2.93. The first kappa shape index (κ1) is 20.5. The number of fused-ring (bicyclic) bond motifs is 1. The molecule has 0 saturated carbocycles. The van der Waals surface area contributed by atoms with Crippen molar-refractivity contribution in [3.05, 3.63) is 67.7 Å². The van der Waals surface area contributed by atoms with Crippen molar-refractivity contribution in [1.29, 1.82) is 0 Å². The number of non-ortho nitro benzene ring substituents is 1. The van der Waals surface area contributed by atoms with Gasteiger partial charge < -0.3 is 10.6 Å². The monoisotopic (exact) mass is 460 g/mol. The molecule has 2 aromatic rings. The Bertz CT molecular complexity index is 1020. The van der Waals surface area contributed by atoms with Crippen LogP contribution in [0.25, 0.3) is 0 Å². The van der Waals surface area contributed by atoms with Crippen molar-refractivity contribution < 1.29 is 19.3 Å². The molecule has 0 aliphatic carbocycles. The van der Waals surface area contributed by atoms with Gasteiger partial charge in [0.15, 0.2) is 0 Å². The number of hydrogen-bond acceptors (Lipinski definition) is 5. The van der Waals surface area contributed by atoms with Gasteiger partial charge >= 0.3 is 6.03 Å². The average molecular weight is 461 g/mol. The predicted octanol–water partition coefficient (Wildman–Crippen LogP) is 3.47. The second kappa shape index (κ2) is 8.39. The lowest BCUT2D eigenvalue weighted by Crippen LogP contribution is -2.35. The fraction of sp³-hybridized carbons (Fsp3) is 0.211. The molecule has 0 atom stereocenters. The van der Waals surface area contributed by atoms with E-state index < -0.39 is 22.8 Å². The number of urea groups is 1. The Kier molecular flexibility index (Phi) is 5.92. The third-order valence-electron chi connectivity index (χ3n) is 4.42. The molecule has 0 aromatic heterocycles. The second-order valence-electron chi connectivity index (χ2n) is 6.45. The lowest BCUT2D eigenvalue weighted by atomic mass is 10.1. The molecule has 2 N–H and O–H groups in total. The van der Waals surface area contributed by atoms with Crippen LogP contribution in [0.3, 0.4) is 0 Å². The summed E-state index contributed by atoms with van der Waals surface area (Å²) in [5.74, 6) is -1.06. The molecule has 10 heteroatoms. The van der Waals surface area contributed by atoms with Crippen molar-refractivity contribution >= 4 is 45.2 Å². The number of amides is 4. The fourth-order valence-corrected chi connectivity index (χ4v) is 3.18. The Morgan fingerprint density at radius 2 is 1.86 bits per heavy atom. The molecule has 9 nitrogen and oxygen atoms in total. The van der Waals surface area contributed by atoms with Crippen molar-refractivity contribution in [2.75, 3.05) is 18.4 Å². The molecule has 4 amide bonds. The van der Waals surface area contributed by atoms with Gasteiger partial charge in [0.25, 0.3) is 17.5 Å². The number of nitro groups is 1. The Morgan fingerprint density at radius 1 is 1.14 bits per heavy atom.